The first kappa shape index (κ1) is 13.2. The van der Waals surface area contributed by atoms with E-state index in [0.717, 1.165) is 22.4 Å². The van der Waals surface area contributed by atoms with Gasteiger partial charge in [0.1, 0.15) is 5.60 Å². The minimum atomic E-state index is -0.483. The molecule has 1 aliphatic rings. The predicted octanol–water partition coefficient (Wildman–Crippen LogP) is 3.62. The van der Waals surface area contributed by atoms with Crippen LogP contribution in [0.4, 0.5) is 16.2 Å². The van der Waals surface area contributed by atoms with Gasteiger partial charge in [0.2, 0.25) is 0 Å². The number of nitrogens with one attached hydrogen (secondary N) is 1. The topological polar surface area (TPSA) is 41.6 Å². The fourth-order valence-electron chi connectivity index (χ4n) is 1.85. The largest absolute Gasteiger partial charge is 0.443 e. The van der Waals surface area contributed by atoms with Gasteiger partial charge < -0.3 is 10.1 Å². The molecule has 1 aromatic carbocycles. The zero-order valence-corrected chi connectivity index (χ0v) is 12.4. The molecule has 0 aliphatic carbocycles. The van der Waals surface area contributed by atoms with Crippen LogP contribution in [0.1, 0.15) is 20.8 Å². The molecule has 1 aromatic rings. The molecule has 0 radical (unpaired) electrons. The standard InChI is InChI=1S/C13H17BrN2O2/c1-13(2,3)18-12(17)16-8-7-15-10-6-4-5-9(14)11(10)16/h4-6,15H,7-8H2,1-3H3. The van der Waals surface area contributed by atoms with Gasteiger partial charge in [-0.25, -0.2) is 4.79 Å². The molecule has 1 N–H and O–H groups in total. The molecular weight excluding hydrogens is 296 g/mol. The van der Waals surface area contributed by atoms with Crippen molar-refractivity contribution in [3.05, 3.63) is 22.7 Å². The number of carbonyl (C=O) groups excluding carboxylic acids is 1. The Morgan fingerprint density at radius 3 is 2.83 bits per heavy atom. The highest BCUT2D eigenvalue weighted by molar-refractivity contribution is 9.10. The van der Waals surface area contributed by atoms with Crippen LogP contribution in [0.25, 0.3) is 0 Å². The van der Waals surface area contributed by atoms with Crippen molar-refractivity contribution in [3.63, 3.8) is 0 Å². The Kier molecular flexibility index (Phi) is 3.52. The Hall–Kier alpha value is -1.23. The molecule has 5 heteroatoms. The van der Waals surface area contributed by atoms with E-state index in [9.17, 15) is 4.79 Å². The second kappa shape index (κ2) is 4.80. The SMILES string of the molecule is CC(C)(C)OC(=O)N1CCNc2cccc(Br)c21. The Morgan fingerprint density at radius 2 is 2.17 bits per heavy atom. The van der Waals surface area contributed by atoms with Crippen molar-refractivity contribution in [2.45, 2.75) is 26.4 Å². The van der Waals surface area contributed by atoms with Gasteiger partial charge in [0.15, 0.2) is 0 Å². The smallest absolute Gasteiger partial charge is 0.414 e. The van der Waals surface area contributed by atoms with Gasteiger partial charge in [0.05, 0.1) is 11.4 Å². The quantitative estimate of drug-likeness (QED) is 0.795. The normalized spacial score (nSPS) is 14.8. The van der Waals surface area contributed by atoms with Crippen molar-refractivity contribution in [2.75, 3.05) is 23.3 Å². The zero-order chi connectivity index (χ0) is 13.3. The van der Waals surface area contributed by atoms with Gasteiger partial charge in [-0.05, 0) is 48.8 Å². The van der Waals surface area contributed by atoms with Crippen LogP contribution in [-0.4, -0.2) is 24.8 Å². The Labute approximate surface area is 115 Å². The first-order chi connectivity index (χ1) is 8.38. The summed E-state index contributed by atoms with van der Waals surface area (Å²) in [6.07, 6.45) is -0.308. The average Bonchev–Trinajstić information content (AvgIpc) is 2.26. The Morgan fingerprint density at radius 1 is 1.44 bits per heavy atom. The van der Waals surface area contributed by atoms with Crippen LogP contribution in [0.15, 0.2) is 22.7 Å². The number of amides is 1. The highest BCUT2D eigenvalue weighted by Crippen LogP contribution is 2.36. The number of para-hydroxylation sites is 1. The minimum Gasteiger partial charge on any atom is -0.443 e. The number of benzene rings is 1. The minimum absolute atomic E-state index is 0.308. The molecule has 1 heterocycles. The number of carbonyl (C=O) groups is 1. The maximum Gasteiger partial charge on any atom is 0.414 e. The second-order valence-electron chi connectivity index (χ2n) is 5.19. The summed E-state index contributed by atoms with van der Waals surface area (Å²) < 4.78 is 6.31. The molecule has 98 valence electrons. The van der Waals surface area contributed by atoms with Crippen LogP contribution in [0.3, 0.4) is 0 Å². The van der Waals surface area contributed by atoms with E-state index in [1.165, 1.54) is 0 Å². The summed E-state index contributed by atoms with van der Waals surface area (Å²) in [7, 11) is 0. The summed E-state index contributed by atoms with van der Waals surface area (Å²) in [5, 5.41) is 3.27. The second-order valence-corrected chi connectivity index (χ2v) is 6.05. The van der Waals surface area contributed by atoms with Crippen molar-refractivity contribution < 1.29 is 9.53 Å². The zero-order valence-electron chi connectivity index (χ0n) is 10.8. The predicted molar refractivity (Wildman–Crippen MR) is 76.2 cm³/mol. The van der Waals surface area contributed by atoms with Gasteiger partial charge >= 0.3 is 6.09 Å². The van der Waals surface area contributed by atoms with E-state index in [-0.39, 0.29) is 6.09 Å². The fraction of sp³-hybridized carbons (Fsp3) is 0.462. The van der Waals surface area contributed by atoms with Gasteiger partial charge in [-0.3, -0.25) is 4.90 Å². The van der Waals surface area contributed by atoms with Crippen molar-refractivity contribution in [1.29, 1.82) is 0 Å². The Balaban J connectivity index is 2.30. The third kappa shape index (κ3) is 2.77. The summed E-state index contributed by atoms with van der Waals surface area (Å²) in [5.41, 5.74) is 1.31. The lowest BCUT2D eigenvalue weighted by Crippen LogP contribution is -2.42. The van der Waals surface area contributed by atoms with Crippen LogP contribution in [-0.2, 0) is 4.74 Å². The van der Waals surface area contributed by atoms with E-state index in [4.69, 9.17) is 4.74 Å². The molecule has 2 rings (SSSR count). The van der Waals surface area contributed by atoms with Crippen LogP contribution >= 0.6 is 15.9 Å². The third-order valence-electron chi connectivity index (χ3n) is 2.52. The van der Waals surface area contributed by atoms with Gasteiger partial charge in [-0.1, -0.05) is 6.07 Å². The molecule has 0 atom stereocenters. The number of hydrogen-bond donors (Lipinski definition) is 1. The average molecular weight is 313 g/mol. The third-order valence-corrected chi connectivity index (χ3v) is 3.16. The Bertz CT molecular complexity index is 469. The molecule has 0 spiro atoms. The maximum absolute atomic E-state index is 12.2. The molecule has 0 aromatic heterocycles. The van der Waals surface area contributed by atoms with Crippen molar-refractivity contribution in [2.24, 2.45) is 0 Å². The van der Waals surface area contributed by atoms with Crippen molar-refractivity contribution in [1.82, 2.24) is 0 Å². The van der Waals surface area contributed by atoms with Gasteiger partial charge in [0.25, 0.3) is 0 Å². The number of halogens is 1. The molecule has 0 bridgehead atoms. The number of hydrogen-bond acceptors (Lipinski definition) is 3. The van der Waals surface area contributed by atoms with Gasteiger partial charge in [-0.2, -0.15) is 0 Å². The van der Waals surface area contributed by atoms with E-state index in [1.54, 1.807) is 4.90 Å². The number of rotatable bonds is 0. The van der Waals surface area contributed by atoms with Crippen LogP contribution in [0, 0.1) is 0 Å². The lowest BCUT2D eigenvalue weighted by atomic mass is 10.2. The van der Waals surface area contributed by atoms with Crippen molar-refractivity contribution in [3.8, 4) is 0 Å². The molecule has 18 heavy (non-hydrogen) atoms. The molecule has 0 saturated heterocycles. The number of anilines is 2. The highest BCUT2D eigenvalue weighted by atomic mass is 79.9. The fourth-order valence-corrected chi connectivity index (χ4v) is 2.43. The van der Waals surface area contributed by atoms with Gasteiger partial charge in [-0.15, -0.1) is 0 Å². The molecular formula is C13H17BrN2O2. The lowest BCUT2D eigenvalue weighted by Gasteiger charge is -2.32. The first-order valence-corrected chi connectivity index (χ1v) is 6.71. The van der Waals surface area contributed by atoms with E-state index < -0.39 is 5.60 Å². The molecule has 0 unspecified atom stereocenters. The summed E-state index contributed by atoms with van der Waals surface area (Å²) in [5.74, 6) is 0. The summed E-state index contributed by atoms with van der Waals surface area (Å²) in [4.78, 5) is 13.9. The molecule has 4 nitrogen and oxygen atoms in total. The van der Waals surface area contributed by atoms with E-state index in [1.807, 2.05) is 39.0 Å². The summed E-state index contributed by atoms with van der Waals surface area (Å²) in [6.45, 7) is 6.93. The first-order valence-electron chi connectivity index (χ1n) is 5.91. The monoisotopic (exact) mass is 312 g/mol. The van der Waals surface area contributed by atoms with E-state index in [2.05, 4.69) is 21.2 Å². The van der Waals surface area contributed by atoms with Crippen LogP contribution < -0.4 is 10.2 Å². The van der Waals surface area contributed by atoms with Crippen LogP contribution in [0.5, 0.6) is 0 Å². The number of ether oxygens (including phenoxy) is 1. The molecule has 1 amide bonds. The maximum atomic E-state index is 12.2. The lowest BCUT2D eigenvalue weighted by molar-refractivity contribution is 0.0580. The van der Waals surface area contributed by atoms with Crippen molar-refractivity contribution >= 4 is 33.4 Å². The van der Waals surface area contributed by atoms with Crippen LogP contribution in [0.2, 0.25) is 0 Å². The summed E-state index contributed by atoms with van der Waals surface area (Å²) >= 11 is 3.48. The highest BCUT2D eigenvalue weighted by Gasteiger charge is 2.28. The number of fused-ring (bicyclic) bond motifs is 1. The number of nitrogens with zero attached hydrogens (tertiary/aromatic N) is 1. The molecule has 0 saturated carbocycles. The summed E-state index contributed by atoms with van der Waals surface area (Å²) in [6, 6.07) is 5.81. The van der Waals surface area contributed by atoms with E-state index >= 15 is 0 Å². The van der Waals surface area contributed by atoms with Gasteiger partial charge in [0, 0.05) is 17.6 Å². The van der Waals surface area contributed by atoms with E-state index in [0.29, 0.717) is 6.54 Å². The molecule has 1 aliphatic heterocycles. The molecule has 0 fully saturated rings.